The van der Waals surface area contributed by atoms with E-state index in [2.05, 4.69) is 19.9 Å². The summed E-state index contributed by atoms with van der Waals surface area (Å²) in [6.45, 7) is 0. The van der Waals surface area contributed by atoms with Gasteiger partial charge in [-0.1, -0.05) is 0 Å². The van der Waals surface area contributed by atoms with Gasteiger partial charge in [0.2, 0.25) is 0 Å². The normalized spacial score (nSPS) is 12.6. The van der Waals surface area contributed by atoms with Crippen LogP contribution in [0.2, 0.25) is 0 Å². The van der Waals surface area contributed by atoms with Gasteiger partial charge in [0.15, 0.2) is 0 Å². The average molecular weight is 173 g/mol. The number of H-pyrrole nitrogens is 1. The topological polar surface area (TPSA) is 80.5 Å². The minimum Gasteiger partial charge on any atom is -0.383 e. The van der Waals surface area contributed by atoms with Crippen LogP contribution in [0, 0.1) is 0 Å². The summed E-state index contributed by atoms with van der Waals surface area (Å²) < 4.78 is 0. The van der Waals surface area contributed by atoms with Gasteiger partial charge < -0.3 is 10.7 Å². The van der Waals surface area contributed by atoms with E-state index < -0.39 is 0 Å². The zero-order valence-electron chi connectivity index (χ0n) is 6.78. The number of hydrogen-bond donors (Lipinski definition) is 2. The Morgan fingerprint density at radius 2 is 2.23 bits per heavy atom. The lowest BCUT2D eigenvalue weighted by atomic mass is 10.2. The number of fused-ring (bicyclic) bond motifs is 3. The second-order valence-corrected chi connectivity index (χ2v) is 2.99. The number of nitrogens with one attached hydrogen (secondary N) is 1. The number of imidazole rings is 1. The van der Waals surface area contributed by atoms with Gasteiger partial charge in [0, 0.05) is 12.1 Å². The molecular weight excluding hydrogens is 166 g/mol. The fourth-order valence-electron chi connectivity index (χ4n) is 1.67. The molecule has 0 saturated carbocycles. The fourth-order valence-corrected chi connectivity index (χ4v) is 1.67. The number of anilines is 1. The molecule has 0 spiro atoms. The second kappa shape index (κ2) is 2.07. The standard InChI is InChI=1S/C8H7N5/c9-8-6-4(10-3-13-8)1-5-7(6)12-2-11-5/h2-3H,1H2,(H,11,12)(H2,9,10,13). The Morgan fingerprint density at radius 3 is 3.15 bits per heavy atom. The molecule has 0 aliphatic heterocycles. The molecule has 5 nitrogen and oxygen atoms in total. The summed E-state index contributed by atoms with van der Waals surface area (Å²) in [5.41, 5.74) is 9.56. The van der Waals surface area contributed by atoms with Crippen LogP contribution in [0.25, 0.3) is 11.3 Å². The summed E-state index contributed by atoms with van der Waals surface area (Å²) in [5.74, 6) is 0.510. The Kier molecular flexibility index (Phi) is 1.05. The molecule has 0 aromatic carbocycles. The predicted molar refractivity (Wildman–Crippen MR) is 46.8 cm³/mol. The maximum Gasteiger partial charge on any atom is 0.136 e. The van der Waals surface area contributed by atoms with Crippen LogP contribution in [0.3, 0.4) is 0 Å². The van der Waals surface area contributed by atoms with Gasteiger partial charge in [-0.05, 0) is 0 Å². The highest BCUT2D eigenvalue weighted by Gasteiger charge is 2.24. The van der Waals surface area contributed by atoms with E-state index >= 15 is 0 Å². The lowest BCUT2D eigenvalue weighted by Crippen LogP contribution is -1.97. The van der Waals surface area contributed by atoms with Crippen LogP contribution in [-0.4, -0.2) is 19.9 Å². The largest absolute Gasteiger partial charge is 0.383 e. The van der Waals surface area contributed by atoms with E-state index in [1.165, 1.54) is 6.33 Å². The molecule has 3 N–H and O–H groups in total. The van der Waals surface area contributed by atoms with Crippen molar-refractivity contribution in [2.45, 2.75) is 6.42 Å². The number of rotatable bonds is 0. The molecule has 1 aliphatic rings. The number of aromatic nitrogens is 4. The van der Waals surface area contributed by atoms with Crippen molar-refractivity contribution in [2.75, 3.05) is 5.73 Å². The van der Waals surface area contributed by atoms with Crippen LogP contribution in [0.4, 0.5) is 5.82 Å². The molecule has 64 valence electrons. The molecule has 0 atom stereocenters. The lowest BCUT2D eigenvalue weighted by Gasteiger charge is -1.99. The van der Waals surface area contributed by atoms with E-state index in [1.54, 1.807) is 6.33 Å². The molecule has 0 unspecified atom stereocenters. The molecule has 0 fully saturated rings. The molecule has 2 heterocycles. The number of nitrogen functional groups attached to an aromatic ring is 1. The van der Waals surface area contributed by atoms with Crippen LogP contribution >= 0.6 is 0 Å². The summed E-state index contributed by atoms with van der Waals surface area (Å²) in [5, 5.41) is 0. The Morgan fingerprint density at radius 1 is 1.31 bits per heavy atom. The Balaban J connectivity index is 2.37. The SMILES string of the molecule is Nc1ncnc2c1-c1nc[nH]c1C2. The van der Waals surface area contributed by atoms with Gasteiger partial charge in [0.1, 0.15) is 12.1 Å². The molecule has 0 radical (unpaired) electrons. The maximum absolute atomic E-state index is 5.74. The first-order valence-electron chi connectivity index (χ1n) is 3.98. The molecular formula is C8H7N5. The van der Waals surface area contributed by atoms with Crippen molar-refractivity contribution in [3.63, 3.8) is 0 Å². The molecule has 1 aliphatic carbocycles. The van der Waals surface area contributed by atoms with Gasteiger partial charge in [-0.3, -0.25) is 0 Å². The smallest absolute Gasteiger partial charge is 0.136 e. The minimum absolute atomic E-state index is 0.510. The lowest BCUT2D eigenvalue weighted by molar-refractivity contribution is 1.04. The van der Waals surface area contributed by atoms with Crippen molar-refractivity contribution in [3.05, 3.63) is 24.0 Å². The second-order valence-electron chi connectivity index (χ2n) is 2.99. The first-order valence-corrected chi connectivity index (χ1v) is 3.98. The van der Waals surface area contributed by atoms with E-state index in [1.807, 2.05) is 0 Å². The summed E-state index contributed by atoms with van der Waals surface area (Å²) in [6, 6.07) is 0. The molecule has 0 bridgehead atoms. The van der Waals surface area contributed by atoms with Crippen molar-refractivity contribution in [2.24, 2.45) is 0 Å². The number of hydrogen-bond acceptors (Lipinski definition) is 4. The van der Waals surface area contributed by atoms with Crippen molar-refractivity contribution in [1.29, 1.82) is 0 Å². The fraction of sp³-hybridized carbons (Fsp3) is 0.125. The number of nitrogens with two attached hydrogens (primary N) is 1. The average Bonchev–Trinajstić information content (AvgIpc) is 2.62. The van der Waals surface area contributed by atoms with Gasteiger partial charge in [0.05, 0.1) is 23.3 Å². The molecule has 0 amide bonds. The summed E-state index contributed by atoms with van der Waals surface area (Å²) in [4.78, 5) is 15.3. The van der Waals surface area contributed by atoms with Crippen LogP contribution in [0.1, 0.15) is 11.4 Å². The van der Waals surface area contributed by atoms with Crippen LogP contribution in [0.15, 0.2) is 12.7 Å². The molecule has 5 heteroatoms. The Labute approximate surface area is 74.1 Å². The zero-order valence-corrected chi connectivity index (χ0v) is 6.78. The summed E-state index contributed by atoms with van der Waals surface area (Å²) in [6.07, 6.45) is 3.93. The van der Waals surface area contributed by atoms with E-state index in [0.29, 0.717) is 5.82 Å². The van der Waals surface area contributed by atoms with E-state index in [0.717, 1.165) is 29.1 Å². The molecule has 13 heavy (non-hydrogen) atoms. The van der Waals surface area contributed by atoms with Gasteiger partial charge in [0.25, 0.3) is 0 Å². The molecule has 3 rings (SSSR count). The Hall–Kier alpha value is -1.91. The van der Waals surface area contributed by atoms with Crippen molar-refractivity contribution in [3.8, 4) is 11.3 Å². The van der Waals surface area contributed by atoms with Crippen LogP contribution in [0.5, 0.6) is 0 Å². The van der Waals surface area contributed by atoms with Crippen LogP contribution in [-0.2, 0) is 6.42 Å². The third kappa shape index (κ3) is 0.729. The summed E-state index contributed by atoms with van der Waals surface area (Å²) >= 11 is 0. The third-order valence-corrected chi connectivity index (χ3v) is 2.25. The van der Waals surface area contributed by atoms with Gasteiger partial charge in [-0.25, -0.2) is 15.0 Å². The van der Waals surface area contributed by atoms with Gasteiger partial charge in [-0.2, -0.15) is 0 Å². The Bertz CT molecular complexity index is 473. The van der Waals surface area contributed by atoms with Gasteiger partial charge >= 0.3 is 0 Å². The van der Waals surface area contributed by atoms with Crippen molar-refractivity contribution < 1.29 is 0 Å². The quantitative estimate of drug-likeness (QED) is 0.514. The highest BCUT2D eigenvalue weighted by atomic mass is 15.0. The van der Waals surface area contributed by atoms with Crippen molar-refractivity contribution >= 4 is 5.82 Å². The zero-order chi connectivity index (χ0) is 8.84. The maximum atomic E-state index is 5.74. The first-order chi connectivity index (χ1) is 6.36. The molecule has 2 aromatic rings. The third-order valence-electron chi connectivity index (χ3n) is 2.25. The van der Waals surface area contributed by atoms with Crippen LogP contribution < -0.4 is 5.73 Å². The van der Waals surface area contributed by atoms with E-state index in [-0.39, 0.29) is 0 Å². The summed E-state index contributed by atoms with van der Waals surface area (Å²) in [7, 11) is 0. The van der Waals surface area contributed by atoms with E-state index in [9.17, 15) is 0 Å². The van der Waals surface area contributed by atoms with E-state index in [4.69, 9.17) is 5.73 Å². The molecule has 0 saturated heterocycles. The molecule has 2 aromatic heterocycles. The minimum atomic E-state index is 0.510. The monoisotopic (exact) mass is 173 g/mol. The first kappa shape index (κ1) is 6.59. The highest BCUT2D eigenvalue weighted by molar-refractivity contribution is 5.78. The number of nitrogens with zero attached hydrogens (tertiary/aromatic N) is 3. The van der Waals surface area contributed by atoms with Crippen molar-refractivity contribution in [1.82, 2.24) is 19.9 Å². The number of aromatic amines is 1. The van der Waals surface area contributed by atoms with Gasteiger partial charge in [-0.15, -0.1) is 0 Å². The highest BCUT2D eigenvalue weighted by Crippen LogP contribution is 2.35. The predicted octanol–water partition coefficient (Wildman–Crippen LogP) is 0.353.